The van der Waals surface area contributed by atoms with Crippen molar-refractivity contribution in [3.8, 4) is 0 Å². The second-order valence-electron chi connectivity index (χ2n) is 6.73. The van der Waals surface area contributed by atoms with Crippen LogP contribution in [0.3, 0.4) is 0 Å². The molecule has 19 heavy (non-hydrogen) atoms. The minimum absolute atomic E-state index is 0.707. The molecule has 3 heteroatoms. The predicted octanol–water partition coefficient (Wildman–Crippen LogP) is 2.41. The molecule has 3 nitrogen and oxygen atoms in total. The first kappa shape index (κ1) is 16.9. The van der Waals surface area contributed by atoms with E-state index in [1.807, 2.05) is 0 Å². The maximum absolute atomic E-state index is 5.93. The number of nitrogens with two attached hydrogens (primary N) is 1. The fourth-order valence-corrected chi connectivity index (χ4v) is 3.32. The highest BCUT2D eigenvalue weighted by atomic mass is 15.2. The van der Waals surface area contributed by atoms with Gasteiger partial charge < -0.3 is 10.6 Å². The quantitative estimate of drug-likeness (QED) is 0.770. The van der Waals surface area contributed by atoms with Gasteiger partial charge in [0.1, 0.15) is 0 Å². The van der Waals surface area contributed by atoms with Gasteiger partial charge in [-0.2, -0.15) is 0 Å². The third-order valence-electron chi connectivity index (χ3n) is 4.46. The number of nitrogens with zero attached hydrogens (tertiary/aromatic N) is 2. The van der Waals surface area contributed by atoms with Crippen molar-refractivity contribution < 1.29 is 0 Å². The minimum atomic E-state index is 0.707. The van der Waals surface area contributed by atoms with Gasteiger partial charge in [0.05, 0.1) is 0 Å². The van der Waals surface area contributed by atoms with Gasteiger partial charge in [0.2, 0.25) is 0 Å². The summed E-state index contributed by atoms with van der Waals surface area (Å²) in [5.74, 6) is 1.48. The number of hydrogen-bond acceptors (Lipinski definition) is 3. The maximum Gasteiger partial charge on any atom is 0.0220 e. The molecule has 1 aliphatic rings. The smallest absolute Gasteiger partial charge is 0.0220 e. The molecule has 114 valence electrons. The lowest BCUT2D eigenvalue weighted by molar-refractivity contribution is 0.169. The Balaban J connectivity index is 2.43. The van der Waals surface area contributed by atoms with Crippen LogP contribution in [-0.2, 0) is 0 Å². The van der Waals surface area contributed by atoms with Gasteiger partial charge in [0.15, 0.2) is 0 Å². The first-order chi connectivity index (χ1) is 9.06. The van der Waals surface area contributed by atoms with Gasteiger partial charge in [-0.05, 0) is 70.7 Å². The zero-order chi connectivity index (χ0) is 14.3. The SMILES string of the molecule is CCC1CN(C)CCCN1CCC(CN)CC(C)C. The van der Waals surface area contributed by atoms with E-state index in [2.05, 4.69) is 37.6 Å². The number of hydrogen-bond donors (Lipinski definition) is 1. The topological polar surface area (TPSA) is 32.5 Å². The van der Waals surface area contributed by atoms with Crippen molar-refractivity contribution in [2.75, 3.05) is 39.8 Å². The molecule has 1 heterocycles. The Morgan fingerprint density at radius 1 is 1.26 bits per heavy atom. The third-order valence-corrected chi connectivity index (χ3v) is 4.46. The first-order valence-corrected chi connectivity index (χ1v) is 8.19. The van der Waals surface area contributed by atoms with Crippen LogP contribution in [0.1, 0.15) is 46.5 Å². The Bertz CT molecular complexity index is 230. The minimum Gasteiger partial charge on any atom is -0.330 e. The van der Waals surface area contributed by atoms with Crippen LogP contribution in [0.15, 0.2) is 0 Å². The lowest BCUT2D eigenvalue weighted by Gasteiger charge is -2.31. The first-order valence-electron chi connectivity index (χ1n) is 8.19. The van der Waals surface area contributed by atoms with E-state index in [4.69, 9.17) is 5.73 Å². The zero-order valence-corrected chi connectivity index (χ0v) is 13.6. The lowest BCUT2D eigenvalue weighted by Crippen LogP contribution is -2.41. The van der Waals surface area contributed by atoms with E-state index in [9.17, 15) is 0 Å². The Kier molecular flexibility index (Phi) is 7.96. The summed E-state index contributed by atoms with van der Waals surface area (Å²) in [6.07, 6.45) is 5.13. The lowest BCUT2D eigenvalue weighted by atomic mass is 9.94. The summed E-state index contributed by atoms with van der Waals surface area (Å²) in [5.41, 5.74) is 5.93. The van der Waals surface area contributed by atoms with Crippen molar-refractivity contribution >= 4 is 0 Å². The fraction of sp³-hybridized carbons (Fsp3) is 1.00. The van der Waals surface area contributed by atoms with E-state index in [1.165, 1.54) is 51.9 Å². The van der Waals surface area contributed by atoms with Crippen molar-refractivity contribution in [3.05, 3.63) is 0 Å². The Morgan fingerprint density at radius 2 is 2.00 bits per heavy atom. The van der Waals surface area contributed by atoms with Crippen molar-refractivity contribution in [2.45, 2.75) is 52.5 Å². The third kappa shape index (κ3) is 6.24. The zero-order valence-electron chi connectivity index (χ0n) is 13.6. The molecule has 0 aromatic rings. The molecule has 1 saturated heterocycles. The van der Waals surface area contributed by atoms with Crippen molar-refractivity contribution in [3.63, 3.8) is 0 Å². The van der Waals surface area contributed by atoms with Crippen molar-refractivity contribution in [1.29, 1.82) is 0 Å². The molecule has 0 spiro atoms. The summed E-state index contributed by atoms with van der Waals surface area (Å²) in [7, 11) is 2.26. The van der Waals surface area contributed by atoms with Gasteiger partial charge in [-0.15, -0.1) is 0 Å². The molecule has 0 amide bonds. The summed E-state index contributed by atoms with van der Waals surface area (Å²) >= 11 is 0. The molecule has 1 rings (SSSR count). The molecular formula is C16H35N3. The summed E-state index contributed by atoms with van der Waals surface area (Å²) < 4.78 is 0. The van der Waals surface area contributed by atoms with Crippen molar-refractivity contribution in [1.82, 2.24) is 9.80 Å². The van der Waals surface area contributed by atoms with Gasteiger partial charge in [0, 0.05) is 12.6 Å². The molecule has 0 aromatic heterocycles. The van der Waals surface area contributed by atoms with E-state index in [1.54, 1.807) is 0 Å². The Morgan fingerprint density at radius 3 is 2.58 bits per heavy atom. The molecule has 2 unspecified atom stereocenters. The van der Waals surface area contributed by atoms with Gasteiger partial charge in [-0.3, -0.25) is 4.90 Å². The predicted molar refractivity (Wildman–Crippen MR) is 84.4 cm³/mol. The molecule has 0 aliphatic carbocycles. The molecule has 0 aromatic carbocycles. The number of likely N-dealkylation sites (N-methyl/N-ethyl adjacent to an activating group) is 1. The van der Waals surface area contributed by atoms with Crippen LogP contribution in [0.4, 0.5) is 0 Å². The number of rotatable bonds is 7. The van der Waals surface area contributed by atoms with Crippen LogP contribution in [0.25, 0.3) is 0 Å². The monoisotopic (exact) mass is 269 g/mol. The van der Waals surface area contributed by atoms with Crippen LogP contribution >= 0.6 is 0 Å². The largest absolute Gasteiger partial charge is 0.330 e. The molecule has 1 fully saturated rings. The molecule has 2 N–H and O–H groups in total. The molecular weight excluding hydrogens is 234 g/mol. The van der Waals surface area contributed by atoms with E-state index in [-0.39, 0.29) is 0 Å². The van der Waals surface area contributed by atoms with Gasteiger partial charge in [-0.25, -0.2) is 0 Å². The van der Waals surface area contributed by atoms with Crippen LogP contribution < -0.4 is 5.73 Å². The Hall–Kier alpha value is -0.120. The summed E-state index contributed by atoms with van der Waals surface area (Å²) in [4.78, 5) is 5.20. The van der Waals surface area contributed by atoms with Crippen molar-refractivity contribution in [2.24, 2.45) is 17.6 Å². The highest BCUT2D eigenvalue weighted by Gasteiger charge is 2.22. The van der Waals surface area contributed by atoms with Crippen LogP contribution in [0, 0.1) is 11.8 Å². The highest BCUT2D eigenvalue weighted by Crippen LogP contribution is 2.18. The summed E-state index contributed by atoms with van der Waals surface area (Å²) in [6.45, 7) is 12.8. The molecule has 2 atom stereocenters. The molecule has 0 bridgehead atoms. The second kappa shape index (κ2) is 8.93. The van der Waals surface area contributed by atoms with E-state index >= 15 is 0 Å². The normalized spacial score (nSPS) is 24.6. The standard InChI is InChI=1S/C16H35N3/c1-5-16-13-18(4)8-6-9-19(16)10-7-15(12-17)11-14(2)3/h14-16H,5-13,17H2,1-4H3. The fourth-order valence-electron chi connectivity index (χ4n) is 3.32. The molecule has 1 aliphatic heterocycles. The summed E-state index contributed by atoms with van der Waals surface area (Å²) in [5, 5.41) is 0. The van der Waals surface area contributed by atoms with Gasteiger partial charge in [-0.1, -0.05) is 20.8 Å². The van der Waals surface area contributed by atoms with Gasteiger partial charge >= 0.3 is 0 Å². The molecule has 0 radical (unpaired) electrons. The Labute approximate surface area is 120 Å². The second-order valence-corrected chi connectivity index (χ2v) is 6.73. The summed E-state index contributed by atoms with van der Waals surface area (Å²) in [6, 6.07) is 0.741. The average molecular weight is 269 g/mol. The van der Waals surface area contributed by atoms with Gasteiger partial charge in [0.25, 0.3) is 0 Å². The average Bonchev–Trinajstić information content (AvgIpc) is 2.55. The van der Waals surface area contributed by atoms with E-state index in [0.29, 0.717) is 5.92 Å². The van der Waals surface area contributed by atoms with E-state index < -0.39 is 0 Å². The van der Waals surface area contributed by atoms with Crippen LogP contribution in [-0.4, -0.2) is 55.6 Å². The van der Waals surface area contributed by atoms with E-state index in [0.717, 1.165) is 18.5 Å². The molecule has 0 saturated carbocycles. The van der Waals surface area contributed by atoms with Crippen LogP contribution in [0.2, 0.25) is 0 Å². The highest BCUT2D eigenvalue weighted by molar-refractivity contribution is 4.78. The van der Waals surface area contributed by atoms with Crippen LogP contribution in [0.5, 0.6) is 0 Å². The maximum atomic E-state index is 5.93.